The summed E-state index contributed by atoms with van der Waals surface area (Å²) < 4.78 is 9.08. The molecule has 0 spiro atoms. The maximum absolute atomic E-state index is 6.82. The van der Waals surface area contributed by atoms with E-state index in [0.29, 0.717) is 11.5 Å². The zero-order valence-corrected chi connectivity index (χ0v) is 46.3. The fourth-order valence-corrected chi connectivity index (χ4v) is 10.3. The molecular weight excluding hydrogens is 1080 g/mol. The molecule has 5 nitrogen and oxygen atoms in total. The first-order chi connectivity index (χ1) is 34.9. The van der Waals surface area contributed by atoms with E-state index in [2.05, 4.69) is 272 Å². The van der Waals surface area contributed by atoms with Crippen molar-refractivity contribution in [3.63, 3.8) is 0 Å². The third-order valence-electron chi connectivity index (χ3n) is 15.1. The fraction of sp³-hybridized carbons (Fsp3) is 0.206. The maximum atomic E-state index is 6.82. The van der Waals surface area contributed by atoms with E-state index in [-0.39, 0.29) is 42.7 Å². The zero-order chi connectivity index (χ0) is 50.9. The van der Waals surface area contributed by atoms with Crippen LogP contribution in [-0.2, 0) is 42.7 Å². The number of fused-ring (bicyclic) bond motifs is 4. The molecule has 8 aromatic carbocycles. The van der Waals surface area contributed by atoms with E-state index >= 15 is 0 Å². The molecule has 0 N–H and O–H groups in total. The van der Waals surface area contributed by atoms with Gasteiger partial charge in [0.15, 0.2) is 0 Å². The van der Waals surface area contributed by atoms with Crippen molar-refractivity contribution >= 4 is 44.6 Å². The van der Waals surface area contributed by atoms with E-state index < -0.39 is 0 Å². The van der Waals surface area contributed by atoms with Crippen molar-refractivity contribution in [2.24, 2.45) is 0 Å². The summed E-state index contributed by atoms with van der Waals surface area (Å²) in [6.45, 7) is 25.0. The molecule has 0 fully saturated rings. The van der Waals surface area contributed by atoms with Gasteiger partial charge >= 0.3 is 0 Å². The maximum Gasteiger partial charge on any atom is 0.135 e. The summed E-state index contributed by atoms with van der Waals surface area (Å²) >= 11 is 0. The minimum Gasteiger partial charge on any atom is -0.509 e. The number of rotatable bonds is 10. The van der Waals surface area contributed by atoms with Crippen LogP contribution in [0.25, 0.3) is 38.8 Å². The Morgan fingerprint density at radius 3 is 1.72 bits per heavy atom. The first kappa shape index (κ1) is 50.3. The van der Waals surface area contributed by atoms with Crippen molar-refractivity contribution in [1.29, 1.82) is 0 Å². The van der Waals surface area contributed by atoms with Gasteiger partial charge < -0.3 is 19.1 Å². The number of nitrogens with zero attached hydrogens (tertiary/aromatic N) is 4. The van der Waals surface area contributed by atoms with Crippen LogP contribution in [0.4, 0.5) is 22.7 Å². The number of hydrogen-bond donors (Lipinski definition) is 0. The third-order valence-corrected chi connectivity index (χ3v) is 15.1. The first-order valence-electron chi connectivity index (χ1n) is 25.5. The first-order valence-corrected chi connectivity index (χ1v) is 25.5. The van der Waals surface area contributed by atoms with Gasteiger partial charge in [0.2, 0.25) is 0 Å². The molecule has 1 aliphatic rings. The average molecular weight is 1150 g/mol. The minimum atomic E-state index is -0.250. The number of hydrogen-bond acceptors (Lipinski definition) is 4. The molecule has 0 saturated heterocycles. The Hall–Kier alpha value is -7.20. The average Bonchev–Trinajstić information content (AvgIpc) is 3.94. The smallest absolute Gasteiger partial charge is 0.135 e. The summed E-state index contributed by atoms with van der Waals surface area (Å²) in [5, 5.41) is 2.22. The van der Waals surface area contributed by atoms with E-state index in [4.69, 9.17) is 9.72 Å². The summed E-state index contributed by atoms with van der Waals surface area (Å²) in [6.07, 6.45) is 1.94. The molecule has 2 aromatic heterocycles. The summed E-state index contributed by atoms with van der Waals surface area (Å²) in [5.41, 5.74) is 15.3. The van der Waals surface area contributed by atoms with Crippen molar-refractivity contribution in [2.45, 2.75) is 90.9 Å². The Morgan fingerprint density at radius 2 is 1.05 bits per heavy atom. The molecule has 0 atom stereocenters. The van der Waals surface area contributed by atoms with E-state index in [1.807, 2.05) is 24.4 Å². The van der Waals surface area contributed by atoms with Crippen LogP contribution in [0.1, 0.15) is 103 Å². The number of aromatic nitrogens is 2. The van der Waals surface area contributed by atoms with Crippen molar-refractivity contribution in [3.8, 4) is 28.4 Å². The van der Waals surface area contributed by atoms with E-state index in [1.54, 1.807) is 0 Å². The van der Waals surface area contributed by atoms with Gasteiger partial charge in [0.1, 0.15) is 5.82 Å². The molecule has 0 bridgehead atoms. The van der Waals surface area contributed by atoms with Crippen LogP contribution < -0.4 is 14.5 Å². The number of pyridine rings is 1. The van der Waals surface area contributed by atoms with Crippen molar-refractivity contribution in [1.82, 2.24) is 9.55 Å². The predicted octanol–water partition coefficient (Wildman–Crippen LogP) is 17.9. The van der Waals surface area contributed by atoms with Crippen molar-refractivity contribution < 1.29 is 25.8 Å². The van der Waals surface area contributed by atoms with E-state index in [1.165, 1.54) is 44.5 Å². The van der Waals surface area contributed by atoms with Gasteiger partial charge in [0.05, 0.1) is 0 Å². The van der Waals surface area contributed by atoms with Crippen LogP contribution >= 0.6 is 0 Å². The van der Waals surface area contributed by atoms with Crippen molar-refractivity contribution in [2.75, 3.05) is 9.80 Å². The number of ether oxygens (including phenoxy) is 1. The molecule has 11 rings (SSSR count). The van der Waals surface area contributed by atoms with Crippen LogP contribution in [0.5, 0.6) is 11.5 Å². The Balaban J connectivity index is 0.00000626. The van der Waals surface area contributed by atoms with Crippen LogP contribution in [0.3, 0.4) is 0 Å². The third kappa shape index (κ3) is 9.37. The Kier molecular flexibility index (Phi) is 13.1. The second-order valence-electron chi connectivity index (χ2n) is 22.7. The molecule has 0 unspecified atom stereocenters. The molecule has 374 valence electrons. The summed E-state index contributed by atoms with van der Waals surface area (Å²) in [4.78, 5) is 9.63. The largest absolute Gasteiger partial charge is 0.509 e. The molecule has 0 amide bonds. The van der Waals surface area contributed by atoms with E-state index in [9.17, 15) is 0 Å². The van der Waals surface area contributed by atoms with E-state index in [0.717, 1.165) is 50.4 Å². The fourth-order valence-electron chi connectivity index (χ4n) is 10.3. The number of benzene rings is 8. The normalized spacial score (nSPS) is 13.1. The molecular formula is C68H63N4OPt-3. The zero-order valence-electron chi connectivity index (χ0n) is 44.1. The van der Waals surface area contributed by atoms with Gasteiger partial charge in [0, 0.05) is 72.2 Å². The summed E-state index contributed by atoms with van der Waals surface area (Å²) in [5.74, 6) is 2.02. The summed E-state index contributed by atoms with van der Waals surface area (Å²) in [6, 6.07) is 75.0. The summed E-state index contributed by atoms with van der Waals surface area (Å²) in [7, 11) is 0. The Bertz CT molecular complexity index is 3660. The predicted molar refractivity (Wildman–Crippen MR) is 304 cm³/mol. The monoisotopic (exact) mass is 1150 g/mol. The van der Waals surface area contributed by atoms with Crippen LogP contribution in [-0.4, -0.2) is 9.55 Å². The second kappa shape index (κ2) is 19.3. The Morgan fingerprint density at radius 1 is 0.446 bits per heavy atom. The van der Waals surface area contributed by atoms with Gasteiger partial charge in [-0.3, -0.25) is 0 Å². The van der Waals surface area contributed by atoms with Crippen LogP contribution in [0, 0.1) is 18.8 Å². The quantitative estimate of drug-likeness (QED) is 0.128. The molecule has 0 radical (unpaired) electrons. The molecule has 10 aromatic rings. The van der Waals surface area contributed by atoms with Gasteiger partial charge in [-0.1, -0.05) is 190 Å². The topological polar surface area (TPSA) is 33.5 Å². The van der Waals surface area contributed by atoms with Gasteiger partial charge in [0.25, 0.3) is 0 Å². The van der Waals surface area contributed by atoms with Crippen LogP contribution in [0.15, 0.2) is 194 Å². The SMILES string of the molecule is CC(C)(C)c1cc(-c2ccccc2)cc(N2[CH-]N(c3[c-]c(Oc4[c-]c5c(cc4)c4ccc(C(C)(C)C)cc4n5-c4cc(C(C)(C)c5ccccc5)ccn4)ccc3)c3ccc(C(C)(C)c4ccccc4)cc32)c1.[Pt]. The van der Waals surface area contributed by atoms with Gasteiger partial charge in [-0.25, -0.2) is 4.98 Å². The standard InChI is InChI=1S/C68H63N4O.Pt/c1-65(2,3)50-29-32-58-59-33-31-57(44-62(59)72(61(58)40-50)64-42-52(35-36-69-64)68(9,10)49-25-18-13-19-26-49)73-56-28-20-27-54(43-56)70-45-71(55-38-47(46-21-14-11-15-22-46)37-53(39-55)66(4,5)6)63-41-51(30-34-60(63)70)67(7,8)48-23-16-12-17-24-48;/h11-42,45H,1-10H3;/q-3;. The van der Waals surface area contributed by atoms with Gasteiger partial charge in [-0.15, -0.1) is 48.1 Å². The Labute approximate surface area is 452 Å². The second-order valence-corrected chi connectivity index (χ2v) is 22.7. The molecule has 1 aliphatic heterocycles. The van der Waals surface area contributed by atoms with Crippen LogP contribution in [0.2, 0.25) is 0 Å². The molecule has 3 heterocycles. The number of anilines is 4. The van der Waals surface area contributed by atoms with Gasteiger partial charge in [-0.05, 0) is 103 Å². The van der Waals surface area contributed by atoms with Gasteiger partial charge in [-0.2, -0.15) is 12.1 Å². The molecule has 0 aliphatic carbocycles. The molecule has 0 saturated carbocycles. The van der Waals surface area contributed by atoms with Crippen molar-refractivity contribution in [3.05, 3.63) is 246 Å². The minimum absolute atomic E-state index is 0. The molecule has 6 heteroatoms. The molecule has 74 heavy (non-hydrogen) atoms.